The van der Waals surface area contributed by atoms with Gasteiger partial charge in [-0.1, -0.05) is 23.2 Å². The highest BCUT2D eigenvalue weighted by Gasteiger charge is 2.21. The predicted molar refractivity (Wildman–Crippen MR) is 63.3 cm³/mol. The normalized spacial score (nSPS) is 11.8. The molecule has 0 amide bonds. The Morgan fingerprint density at radius 3 is 2.59 bits per heavy atom. The molecule has 0 aliphatic carbocycles. The van der Waals surface area contributed by atoms with Crippen LogP contribution in [0.1, 0.15) is 6.42 Å². The first-order chi connectivity index (χ1) is 7.90. The Morgan fingerprint density at radius 2 is 2.00 bits per heavy atom. The average molecular weight is 302 g/mol. The molecule has 2 N–H and O–H groups in total. The van der Waals surface area contributed by atoms with Crippen LogP contribution < -0.4 is 4.72 Å². The van der Waals surface area contributed by atoms with Crippen molar-refractivity contribution in [2.75, 3.05) is 13.2 Å². The number of rotatable bonds is 5. The summed E-state index contributed by atoms with van der Waals surface area (Å²) in [7, 11) is -3.89. The second kappa shape index (κ2) is 5.97. The molecule has 0 aliphatic heterocycles. The van der Waals surface area contributed by atoms with E-state index in [0.29, 0.717) is 0 Å². The molecule has 0 bridgehead atoms. The Kier molecular flexibility index (Phi) is 5.15. The van der Waals surface area contributed by atoms with Crippen LogP contribution in [0.15, 0.2) is 17.0 Å². The molecule has 0 saturated carbocycles. The van der Waals surface area contributed by atoms with Crippen LogP contribution in [0, 0.1) is 5.82 Å². The summed E-state index contributed by atoms with van der Waals surface area (Å²) >= 11 is 11.0. The smallest absolute Gasteiger partial charge is 0.242 e. The van der Waals surface area contributed by atoms with E-state index < -0.39 is 20.9 Å². The molecular formula is C9H10Cl2FNO3S. The number of aliphatic hydroxyl groups excluding tert-OH is 1. The molecule has 0 aromatic heterocycles. The van der Waals surface area contributed by atoms with Gasteiger partial charge in [0.2, 0.25) is 10.0 Å². The number of aliphatic hydroxyl groups is 1. The van der Waals surface area contributed by atoms with Crippen molar-refractivity contribution in [1.29, 1.82) is 0 Å². The van der Waals surface area contributed by atoms with Crippen LogP contribution in [0.25, 0.3) is 0 Å². The van der Waals surface area contributed by atoms with E-state index in [4.69, 9.17) is 28.3 Å². The molecule has 96 valence electrons. The van der Waals surface area contributed by atoms with Gasteiger partial charge in [0.1, 0.15) is 4.90 Å². The van der Waals surface area contributed by atoms with Gasteiger partial charge in [0.15, 0.2) is 5.82 Å². The largest absolute Gasteiger partial charge is 0.396 e. The fourth-order valence-electron chi connectivity index (χ4n) is 1.08. The van der Waals surface area contributed by atoms with Gasteiger partial charge in [-0.05, 0) is 18.6 Å². The molecule has 17 heavy (non-hydrogen) atoms. The molecule has 4 nitrogen and oxygen atoms in total. The molecule has 0 radical (unpaired) electrons. The van der Waals surface area contributed by atoms with Gasteiger partial charge < -0.3 is 5.11 Å². The number of hydrogen-bond acceptors (Lipinski definition) is 3. The Morgan fingerprint density at radius 1 is 1.35 bits per heavy atom. The summed E-state index contributed by atoms with van der Waals surface area (Å²) in [5.41, 5.74) is 0. The van der Waals surface area contributed by atoms with Crippen molar-refractivity contribution in [3.63, 3.8) is 0 Å². The quantitative estimate of drug-likeness (QED) is 0.644. The van der Waals surface area contributed by atoms with E-state index in [2.05, 4.69) is 4.72 Å². The molecule has 0 saturated heterocycles. The Hall–Kier alpha value is -0.400. The molecule has 1 aromatic carbocycles. The summed E-state index contributed by atoms with van der Waals surface area (Å²) in [6.45, 7) is -0.107. The van der Waals surface area contributed by atoms with Gasteiger partial charge in [-0.2, -0.15) is 0 Å². The van der Waals surface area contributed by atoms with E-state index in [-0.39, 0.29) is 29.5 Å². The molecule has 0 fully saturated rings. The Labute approximate surface area is 108 Å². The van der Waals surface area contributed by atoms with Crippen LogP contribution >= 0.6 is 23.2 Å². The van der Waals surface area contributed by atoms with Crippen molar-refractivity contribution in [2.45, 2.75) is 11.3 Å². The van der Waals surface area contributed by atoms with E-state index in [1.807, 2.05) is 0 Å². The van der Waals surface area contributed by atoms with Crippen molar-refractivity contribution >= 4 is 33.2 Å². The minimum atomic E-state index is -3.89. The van der Waals surface area contributed by atoms with Crippen molar-refractivity contribution < 1.29 is 17.9 Å². The zero-order valence-electron chi connectivity index (χ0n) is 8.58. The van der Waals surface area contributed by atoms with Gasteiger partial charge in [0.25, 0.3) is 0 Å². The highest BCUT2D eigenvalue weighted by atomic mass is 35.5. The van der Waals surface area contributed by atoms with Gasteiger partial charge in [0.05, 0.1) is 10.0 Å². The fourth-order valence-corrected chi connectivity index (χ4v) is 2.90. The van der Waals surface area contributed by atoms with E-state index in [0.717, 1.165) is 12.1 Å². The molecule has 0 aliphatic rings. The van der Waals surface area contributed by atoms with E-state index >= 15 is 0 Å². The fraction of sp³-hybridized carbons (Fsp3) is 0.333. The summed E-state index contributed by atoms with van der Waals surface area (Å²) in [5, 5.41) is 7.74. The molecule has 0 unspecified atom stereocenters. The average Bonchev–Trinajstić information content (AvgIpc) is 2.26. The molecule has 0 spiro atoms. The van der Waals surface area contributed by atoms with E-state index in [1.54, 1.807) is 0 Å². The summed E-state index contributed by atoms with van der Waals surface area (Å²) in [4.78, 5) is -0.376. The number of sulfonamides is 1. The minimum Gasteiger partial charge on any atom is -0.396 e. The lowest BCUT2D eigenvalue weighted by Gasteiger charge is -2.08. The first-order valence-electron chi connectivity index (χ1n) is 4.64. The van der Waals surface area contributed by atoms with Crippen LogP contribution in [-0.2, 0) is 10.0 Å². The van der Waals surface area contributed by atoms with E-state index in [1.165, 1.54) is 0 Å². The van der Waals surface area contributed by atoms with Crippen LogP contribution in [0.3, 0.4) is 0 Å². The lowest BCUT2D eigenvalue weighted by atomic mass is 10.3. The lowest BCUT2D eigenvalue weighted by molar-refractivity contribution is 0.289. The SMILES string of the molecule is O=S(=O)(NCCCO)c1ccc(Cl)c(F)c1Cl. The highest BCUT2D eigenvalue weighted by molar-refractivity contribution is 7.89. The lowest BCUT2D eigenvalue weighted by Crippen LogP contribution is -2.25. The molecule has 8 heteroatoms. The Balaban J connectivity index is 3.04. The topological polar surface area (TPSA) is 66.4 Å². The van der Waals surface area contributed by atoms with Gasteiger partial charge in [-0.25, -0.2) is 17.5 Å². The Bertz CT molecular complexity index is 507. The van der Waals surface area contributed by atoms with Gasteiger partial charge in [-0.15, -0.1) is 0 Å². The van der Waals surface area contributed by atoms with Crippen molar-refractivity contribution in [1.82, 2.24) is 4.72 Å². The standard InChI is InChI=1S/C9H10Cl2FNO3S/c10-6-2-3-7(8(11)9(6)12)17(15,16)13-4-1-5-14/h2-3,13-14H,1,4-5H2. The third kappa shape index (κ3) is 3.53. The predicted octanol–water partition coefficient (Wildman–Crippen LogP) is 1.79. The summed E-state index contributed by atoms with van der Waals surface area (Å²) in [6.07, 6.45) is 0.257. The van der Waals surface area contributed by atoms with Crippen molar-refractivity contribution in [3.05, 3.63) is 28.0 Å². The molecule has 1 aromatic rings. The summed E-state index contributed by atoms with van der Waals surface area (Å²) in [6, 6.07) is 2.23. The zero-order valence-corrected chi connectivity index (χ0v) is 10.9. The molecule has 0 atom stereocenters. The van der Waals surface area contributed by atoms with Gasteiger partial charge in [0, 0.05) is 13.2 Å². The number of hydrogen-bond donors (Lipinski definition) is 2. The minimum absolute atomic E-state index is 0.0411. The summed E-state index contributed by atoms with van der Waals surface area (Å²) in [5.74, 6) is -0.974. The molecule has 0 heterocycles. The third-order valence-electron chi connectivity index (χ3n) is 1.92. The van der Waals surface area contributed by atoms with Crippen molar-refractivity contribution in [3.8, 4) is 0 Å². The molecular weight excluding hydrogens is 292 g/mol. The van der Waals surface area contributed by atoms with Gasteiger partial charge in [-0.3, -0.25) is 0 Å². The van der Waals surface area contributed by atoms with Crippen LogP contribution in [-0.4, -0.2) is 26.7 Å². The zero-order chi connectivity index (χ0) is 13.1. The second-order valence-corrected chi connectivity index (χ2v) is 5.67. The van der Waals surface area contributed by atoms with E-state index in [9.17, 15) is 12.8 Å². The maximum Gasteiger partial charge on any atom is 0.242 e. The first-order valence-corrected chi connectivity index (χ1v) is 6.88. The first kappa shape index (κ1) is 14.7. The monoisotopic (exact) mass is 301 g/mol. The number of benzene rings is 1. The van der Waals surface area contributed by atoms with Crippen molar-refractivity contribution in [2.24, 2.45) is 0 Å². The highest BCUT2D eigenvalue weighted by Crippen LogP contribution is 2.29. The second-order valence-electron chi connectivity index (χ2n) is 3.15. The molecule has 1 rings (SSSR count). The maximum atomic E-state index is 13.3. The third-order valence-corrected chi connectivity index (χ3v) is 4.19. The van der Waals surface area contributed by atoms with Gasteiger partial charge >= 0.3 is 0 Å². The van der Waals surface area contributed by atoms with Crippen LogP contribution in [0.5, 0.6) is 0 Å². The van der Waals surface area contributed by atoms with Crippen LogP contribution in [0.4, 0.5) is 4.39 Å². The summed E-state index contributed by atoms with van der Waals surface area (Å²) < 4.78 is 38.9. The number of halogens is 3. The number of nitrogens with one attached hydrogen (secondary N) is 1. The van der Waals surface area contributed by atoms with Crippen LogP contribution in [0.2, 0.25) is 10.0 Å². The maximum absolute atomic E-state index is 13.3.